The summed E-state index contributed by atoms with van der Waals surface area (Å²) in [4.78, 5) is 17.9. The van der Waals surface area contributed by atoms with E-state index in [0.29, 0.717) is 6.04 Å². The molecule has 150 valence electrons. The lowest BCUT2D eigenvalue weighted by atomic mass is 9.97. The van der Waals surface area contributed by atoms with Gasteiger partial charge in [0.1, 0.15) is 5.75 Å². The molecule has 4 heteroatoms. The fraction of sp³-hybridized carbons (Fsp3) is 0.696. The lowest BCUT2D eigenvalue weighted by Gasteiger charge is -2.37. The molecule has 0 aliphatic carbocycles. The topological polar surface area (TPSA) is 32.8 Å². The van der Waals surface area contributed by atoms with E-state index in [4.69, 9.17) is 4.74 Å². The molecule has 2 fully saturated rings. The van der Waals surface area contributed by atoms with Crippen molar-refractivity contribution in [2.24, 2.45) is 0 Å². The first-order valence-corrected chi connectivity index (χ1v) is 10.9. The Morgan fingerprint density at radius 3 is 2.33 bits per heavy atom. The molecule has 0 N–H and O–H groups in total. The zero-order valence-corrected chi connectivity index (χ0v) is 17.2. The molecule has 1 aromatic rings. The maximum absolute atomic E-state index is 13.1. The summed E-state index contributed by atoms with van der Waals surface area (Å²) in [5, 5.41) is 0. The Labute approximate surface area is 164 Å². The SMILES string of the molecule is CC(C)Oc1ccc(C(=O)N2CCCC[C@H]2CCN2CCCCCC2)cc1. The highest BCUT2D eigenvalue weighted by molar-refractivity contribution is 5.94. The molecule has 0 bridgehead atoms. The van der Waals surface area contributed by atoms with Gasteiger partial charge in [-0.1, -0.05) is 12.8 Å². The van der Waals surface area contributed by atoms with Crippen molar-refractivity contribution in [3.63, 3.8) is 0 Å². The van der Waals surface area contributed by atoms with Gasteiger partial charge in [-0.05, 0) is 89.7 Å². The smallest absolute Gasteiger partial charge is 0.254 e. The van der Waals surface area contributed by atoms with Gasteiger partial charge >= 0.3 is 0 Å². The molecule has 2 saturated heterocycles. The van der Waals surface area contributed by atoms with E-state index in [1.165, 1.54) is 45.2 Å². The van der Waals surface area contributed by atoms with Crippen LogP contribution < -0.4 is 4.74 Å². The lowest BCUT2D eigenvalue weighted by molar-refractivity contribution is 0.0584. The number of hydrogen-bond donors (Lipinski definition) is 0. The van der Waals surface area contributed by atoms with E-state index in [2.05, 4.69) is 9.80 Å². The molecule has 2 aliphatic rings. The summed E-state index contributed by atoms with van der Waals surface area (Å²) >= 11 is 0. The molecule has 0 unspecified atom stereocenters. The average Bonchev–Trinajstić information content (AvgIpc) is 2.95. The van der Waals surface area contributed by atoms with E-state index in [9.17, 15) is 4.79 Å². The molecule has 0 aromatic heterocycles. The van der Waals surface area contributed by atoms with Gasteiger partial charge in [-0.3, -0.25) is 4.79 Å². The molecular weight excluding hydrogens is 336 g/mol. The van der Waals surface area contributed by atoms with Crippen molar-refractivity contribution in [1.82, 2.24) is 9.80 Å². The number of ether oxygens (including phenoxy) is 1. The normalized spacial score (nSPS) is 21.9. The van der Waals surface area contributed by atoms with Gasteiger partial charge in [0, 0.05) is 24.7 Å². The summed E-state index contributed by atoms with van der Waals surface area (Å²) in [5.74, 6) is 1.02. The van der Waals surface area contributed by atoms with Crippen LogP contribution in [0.5, 0.6) is 5.75 Å². The maximum atomic E-state index is 13.1. The monoisotopic (exact) mass is 372 g/mol. The number of benzene rings is 1. The Morgan fingerprint density at radius 2 is 1.67 bits per heavy atom. The molecule has 0 spiro atoms. The largest absolute Gasteiger partial charge is 0.491 e. The molecular formula is C23H36N2O2. The predicted molar refractivity (Wildman–Crippen MR) is 110 cm³/mol. The van der Waals surface area contributed by atoms with Crippen molar-refractivity contribution in [3.8, 4) is 5.75 Å². The summed E-state index contributed by atoms with van der Waals surface area (Å²) < 4.78 is 5.70. The van der Waals surface area contributed by atoms with Crippen LogP contribution in [0.3, 0.4) is 0 Å². The van der Waals surface area contributed by atoms with E-state index in [-0.39, 0.29) is 12.0 Å². The summed E-state index contributed by atoms with van der Waals surface area (Å²) in [6, 6.07) is 8.06. The van der Waals surface area contributed by atoms with Crippen molar-refractivity contribution in [2.75, 3.05) is 26.2 Å². The Kier molecular flexibility index (Phi) is 7.57. The predicted octanol–water partition coefficient (Wildman–Crippen LogP) is 4.73. The molecule has 3 rings (SSSR count). The van der Waals surface area contributed by atoms with Crippen LogP contribution >= 0.6 is 0 Å². The summed E-state index contributed by atoms with van der Waals surface area (Å²) in [7, 11) is 0. The second kappa shape index (κ2) is 10.1. The number of hydrogen-bond acceptors (Lipinski definition) is 3. The van der Waals surface area contributed by atoms with Crippen LogP contribution in [0.1, 0.15) is 75.6 Å². The second-order valence-corrected chi connectivity index (χ2v) is 8.38. The molecule has 2 aliphatic heterocycles. The number of nitrogens with zero attached hydrogens (tertiary/aromatic N) is 2. The average molecular weight is 373 g/mol. The third-order valence-corrected chi connectivity index (χ3v) is 5.84. The summed E-state index contributed by atoms with van der Waals surface area (Å²) in [5.41, 5.74) is 0.785. The van der Waals surface area contributed by atoms with Gasteiger partial charge in [0.25, 0.3) is 5.91 Å². The fourth-order valence-electron chi connectivity index (χ4n) is 4.37. The maximum Gasteiger partial charge on any atom is 0.254 e. The minimum Gasteiger partial charge on any atom is -0.491 e. The second-order valence-electron chi connectivity index (χ2n) is 8.38. The van der Waals surface area contributed by atoms with Crippen molar-refractivity contribution in [1.29, 1.82) is 0 Å². The highest BCUT2D eigenvalue weighted by Gasteiger charge is 2.27. The van der Waals surface area contributed by atoms with Crippen LogP contribution in [0.25, 0.3) is 0 Å². The minimum absolute atomic E-state index is 0.150. The van der Waals surface area contributed by atoms with Crippen molar-refractivity contribution < 1.29 is 9.53 Å². The number of likely N-dealkylation sites (tertiary alicyclic amines) is 2. The third-order valence-electron chi connectivity index (χ3n) is 5.84. The molecule has 1 amide bonds. The number of carbonyl (C=O) groups excluding carboxylic acids is 1. The van der Waals surface area contributed by atoms with Crippen molar-refractivity contribution in [2.45, 2.75) is 77.4 Å². The van der Waals surface area contributed by atoms with Crippen LogP contribution in [-0.2, 0) is 0 Å². The molecule has 0 radical (unpaired) electrons. The van der Waals surface area contributed by atoms with Gasteiger partial charge in [-0.15, -0.1) is 0 Å². The first-order chi connectivity index (χ1) is 13.1. The Bertz CT molecular complexity index is 577. The summed E-state index contributed by atoms with van der Waals surface area (Å²) in [6.07, 6.45) is 10.2. The number of carbonyl (C=O) groups is 1. The minimum atomic E-state index is 0.150. The molecule has 4 nitrogen and oxygen atoms in total. The zero-order chi connectivity index (χ0) is 19.1. The van der Waals surface area contributed by atoms with Gasteiger partial charge in [0.15, 0.2) is 0 Å². The van der Waals surface area contributed by atoms with Crippen LogP contribution in [0.15, 0.2) is 24.3 Å². The Hall–Kier alpha value is -1.55. The van der Waals surface area contributed by atoms with Crippen LogP contribution in [-0.4, -0.2) is 54.0 Å². The quantitative estimate of drug-likeness (QED) is 0.723. The molecule has 1 aromatic carbocycles. The fourth-order valence-corrected chi connectivity index (χ4v) is 4.37. The Balaban J connectivity index is 1.59. The van der Waals surface area contributed by atoms with E-state index < -0.39 is 0 Å². The van der Waals surface area contributed by atoms with Crippen molar-refractivity contribution in [3.05, 3.63) is 29.8 Å². The van der Waals surface area contributed by atoms with Crippen molar-refractivity contribution >= 4 is 5.91 Å². The highest BCUT2D eigenvalue weighted by atomic mass is 16.5. The third kappa shape index (κ3) is 5.97. The van der Waals surface area contributed by atoms with Gasteiger partial charge in [-0.2, -0.15) is 0 Å². The van der Waals surface area contributed by atoms with Gasteiger partial charge in [0.05, 0.1) is 6.10 Å². The summed E-state index contributed by atoms with van der Waals surface area (Å²) in [6.45, 7) is 8.53. The van der Waals surface area contributed by atoms with E-state index in [1.54, 1.807) is 0 Å². The van der Waals surface area contributed by atoms with Gasteiger partial charge in [0.2, 0.25) is 0 Å². The standard InChI is InChI=1S/C23H36N2O2/c1-19(2)27-22-12-10-20(11-13-22)23(26)25-17-8-5-9-21(25)14-18-24-15-6-3-4-7-16-24/h10-13,19,21H,3-9,14-18H2,1-2H3/t21-/m0/s1. The van der Waals surface area contributed by atoms with Gasteiger partial charge < -0.3 is 14.5 Å². The number of piperidine rings is 1. The first-order valence-electron chi connectivity index (χ1n) is 10.9. The van der Waals surface area contributed by atoms with E-state index >= 15 is 0 Å². The zero-order valence-electron chi connectivity index (χ0n) is 17.2. The molecule has 1 atom stereocenters. The van der Waals surface area contributed by atoms with E-state index in [0.717, 1.165) is 43.7 Å². The highest BCUT2D eigenvalue weighted by Crippen LogP contribution is 2.24. The van der Waals surface area contributed by atoms with Crippen LogP contribution in [0.2, 0.25) is 0 Å². The van der Waals surface area contributed by atoms with Crippen LogP contribution in [0, 0.1) is 0 Å². The lowest BCUT2D eigenvalue weighted by Crippen LogP contribution is -2.45. The van der Waals surface area contributed by atoms with Gasteiger partial charge in [-0.25, -0.2) is 0 Å². The molecule has 0 saturated carbocycles. The van der Waals surface area contributed by atoms with Crippen LogP contribution in [0.4, 0.5) is 0 Å². The first kappa shape index (κ1) is 20.2. The molecule has 2 heterocycles. The molecule has 27 heavy (non-hydrogen) atoms. The number of rotatable bonds is 6. The Morgan fingerprint density at radius 1 is 1.00 bits per heavy atom. The van der Waals surface area contributed by atoms with E-state index in [1.807, 2.05) is 38.1 Å². The number of amides is 1.